The van der Waals surface area contributed by atoms with Crippen LogP contribution in [0.4, 0.5) is 0 Å². The molecule has 1 atom stereocenters. The largest absolute Gasteiger partial charge is 0.465 e. The van der Waals surface area contributed by atoms with E-state index < -0.39 is 5.54 Å². The van der Waals surface area contributed by atoms with Crippen LogP contribution < -0.4 is 5.32 Å². The lowest BCUT2D eigenvalue weighted by atomic mass is 9.93. The van der Waals surface area contributed by atoms with E-state index in [4.69, 9.17) is 9.47 Å². The minimum absolute atomic E-state index is 0.150. The number of ether oxygens (including phenoxy) is 2. The molecule has 0 radical (unpaired) electrons. The Balaban J connectivity index is 2.82. The van der Waals surface area contributed by atoms with Gasteiger partial charge in [0.25, 0.3) is 0 Å². The predicted octanol–water partition coefficient (Wildman–Crippen LogP) is 2.90. The van der Waals surface area contributed by atoms with Crippen LogP contribution in [0.1, 0.15) is 60.3 Å². The molecular weight excluding hydrogens is 254 g/mol. The number of rotatable bonds is 10. The monoisotopic (exact) mass is 285 g/mol. The Labute approximate surface area is 123 Å². The molecule has 0 aliphatic heterocycles. The normalized spacial score (nSPS) is 18.6. The summed E-state index contributed by atoms with van der Waals surface area (Å²) in [6, 6.07) is 0. The zero-order chi connectivity index (χ0) is 15.2. The molecule has 0 spiro atoms. The molecule has 1 rings (SSSR count). The van der Waals surface area contributed by atoms with E-state index in [0.717, 1.165) is 32.2 Å². The molecule has 1 saturated carbocycles. The summed E-state index contributed by atoms with van der Waals surface area (Å²) in [5.74, 6) is 0.198. The van der Waals surface area contributed by atoms with Crippen molar-refractivity contribution in [2.24, 2.45) is 5.92 Å². The number of esters is 1. The summed E-state index contributed by atoms with van der Waals surface area (Å²) in [5.41, 5.74) is -0.862. The summed E-state index contributed by atoms with van der Waals surface area (Å²) < 4.78 is 11.4. The summed E-state index contributed by atoms with van der Waals surface area (Å²) in [4.78, 5) is 12.5. The second-order valence-electron chi connectivity index (χ2n) is 6.29. The number of carbonyl (C=O) groups excluding carboxylic acids is 1. The maximum atomic E-state index is 12.5. The Morgan fingerprint density at radius 2 is 1.90 bits per heavy atom. The van der Waals surface area contributed by atoms with Crippen molar-refractivity contribution in [2.75, 3.05) is 19.8 Å². The third-order valence-electron chi connectivity index (χ3n) is 4.15. The highest BCUT2D eigenvalue weighted by atomic mass is 16.5. The maximum absolute atomic E-state index is 12.5. The van der Waals surface area contributed by atoms with Crippen molar-refractivity contribution < 1.29 is 14.3 Å². The lowest BCUT2D eigenvalue weighted by molar-refractivity contribution is -0.159. The van der Waals surface area contributed by atoms with Gasteiger partial charge in [0.2, 0.25) is 0 Å². The average molecular weight is 285 g/mol. The van der Waals surface area contributed by atoms with E-state index in [9.17, 15) is 4.79 Å². The van der Waals surface area contributed by atoms with E-state index in [1.807, 2.05) is 6.92 Å². The van der Waals surface area contributed by atoms with E-state index in [-0.39, 0.29) is 11.6 Å². The first kappa shape index (κ1) is 17.4. The molecule has 0 aromatic carbocycles. The highest BCUT2D eigenvalue weighted by Gasteiger charge is 2.52. The highest BCUT2D eigenvalue weighted by Crippen LogP contribution is 2.41. The molecule has 0 aromatic heterocycles. The van der Waals surface area contributed by atoms with Crippen LogP contribution in [0.15, 0.2) is 0 Å². The van der Waals surface area contributed by atoms with Crippen molar-refractivity contribution in [3.63, 3.8) is 0 Å². The van der Waals surface area contributed by atoms with Gasteiger partial charge in [-0.05, 0) is 58.9 Å². The molecule has 0 amide bonds. The van der Waals surface area contributed by atoms with Crippen LogP contribution >= 0.6 is 0 Å². The molecule has 1 N–H and O–H groups in total. The number of hydrogen-bond donors (Lipinski definition) is 1. The maximum Gasteiger partial charge on any atom is 0.329 e. The van der Waals surface area contributed by atoms with Crippen LogP contribution in [0.5, 0.6) is 0 Å². The van der Waals surface area contributed by atoms with Crippen LogP contribution in [0.25, 0.3) is 0 Å². The number of carbonyl (C=O) groups is 1. The van der Waals surface area contributed by atoms with Gasteiger partial charge in [-0.25, -0.2) is 4.79 Å². The Hall–Kier alpha value is -0.610. The first-order valence-electron chi connectivity index (χ1n) is 7.98. The van der Waals surface area contributed by atoms with Gasteiger partial charge in [-0.2, -0.15) is 0 Å². The molecule has 118 valence electrons. The molecule has 1 unspecified atom stereocenters. The molecule has 4 nitrogen and oxygen atoms in total. The molecule has 0 heterocycles. The average Bonchev–Trinajstić information content (AvgIpc) is 3.24. The van der Waals surface area contributed by atoms with Gasteiger partial charge in [0.1, 0.15) is 5.54 Å². The van der Waals surface area contributed by atoms with Crippen LogP contribution in [-0.4, -0.2) is 36.9 Å². The molecule has 1 aliphatic rings. The predicted molar refractivity (Wildman–Crippen MR) is 80.7 cm³/mol. The molecular formula is C16H31NO3. The molecule has 0 bridgehead atoms. The lowest BCUT2D eigenvalue weighted by Crippen LogP contribution is -2.59. The van der Waals surface area contributed by atoms with E-state index >= 15 is 0 Å². The van der Waals surface area contributed by atoms with Gasteiger partial charge in [0, 0.05) is 0 Å². The molecule has 0 aromatic rings. The number of hydrogen-bond acceptors (Lipinski definition) is 4. The highest BCUT2D eigenvalue weighted by molar-refractivity contribution is 5.82. The summed E-state index contributed by atoms with van der Waals surface area (Å²) in [5, 5.41) is 3.43. The van der Waals surface area contributed by atoms with E-state index in [1.54, 1.807) is 0 Å². The summed E-state index contributed by atoms with van der Waals surface area (Å²) in [6.45, 7) is 11.8. The molecule has 4 heteroatoms. The van der Waals surface area contributed by atoms with Crippen molar-refractivity contribution in [1.29, 1.82) is 0 Å². The number of nitrogens with one attached hydrogen (secondary N) is 1. The van der Waals surface area contributed by atoms with Crippen LogP contribution in [-0.2, 0) is 14.3 Å². The van der Waals surface area contributed by atoms with Gasteiger partial charge < -0.3 is 9.47 Å². The smallest absolute Gasteiger partial charge is 0.329 e. The molecule has 20 heavy (non-hydrogen) atoms. The van der Waals surface area contributed by atoms with Gasteiger partial charge in [-0.3, -0.25) is 5.32 Å². The van der Waals surface area contributed by atoms with Gasteiger partial charge in [-0.15, -0.1) is 0 Å². The quantitative estimate of drug-likeness (QED) is 0.627. The first-order valence-corrected chi connectivity index (χ1v) is 7.98. The van der Waals surface area contributed by atoms with Gasteiger partial charge >= 0.3 is 5.97 Å². The zero-order valence-electron chi connectivity index (χ0n) is 13.8. The topological polar surface area (TPSA) is 47.6 Å². The first-order chi connectivity index (χ1) is 9.41. The molecule has 1 aliphatic carbocycles. The zero-order valence-corrected chi connectivity index (χ0v) is 13.8. The summed E-state index contributed by atoms with van der Waals surface area (Å²) >= 11 is 0. The fraction of sp³-hybridized carbons (Fsp3) is 0.938. The van der Waals surface area contributed by atoms with Crippen molar-refractivity contribution in [3.05, 3.63) is 0 Å². The fourth-order valence-electron chi connectivity index (χ4n) is 2.21. The Morgan fingerprint density at radius 3 is 2.35 bits per heavy atom. The van der Waals surface area contributed by atoms with E-state index in [1.165, 1.54) is 0 Å². The minimum Gasteiger partial charge on any atom is -0.465 e. The van der Waals surface area contributed by atoms with Crippen molar-refractivity contribution in [1.82, 2.24) is 5.32 Å². The van der Waals surface area contributed by atoms with E-state index in [0.29, 0.717) is 19.1 Å². The van der Waals surface area contributed by atoms with E-state index in [2.05, 4.69) is 33.0 Å². The van der Waals surface area contributed by atoms with Gasteiger partial charge in [0.15, 0.2) is 0 Å². The second-order valence-corrected chi connectivity index (χ2v) is 6.29. The van der Waals surface area contributed by atoms with Crippen LogP contribution in [0, 0.1) is 5.92 Å². The third kappa shape index (κ3) is 4.45. The molecule has 0 saturated heterocycles. The summed E-state index contributed by atoms with van der Waals surface area (Å²) in [6.07, 6.45) is 4.06. The third-order valence-corrected chi connectivity index (χ3v) is 4.15. The van der Waals surface area contributed by atoms with Gasteiger partial charge in [-0.1, -0.05) is 13.8 Å². The SMILES string of the molecule is CCCNC(COC(C)(C)CC)(C(=O)OCC)C1CC1. The second kappa shape index (κ2) is 7.41. The Kier molecular flexibility index (Phi) is 6.46. The van der Waals surface area contributed by atoms with Crippen molar-refractivity contribution >= 4 is 5.97 Å². The summed E-state index contributed by atoms with van der Waals surface area (Å²) in [7, 11) is 0. The Bertz CT molecular complexity index is 313. The van der Waals surface area contributed by atoms with Crippen LogP contribution in [0.2, 0.25) is 0 Å². The van der Waals surface area contributed by atoms with Crippen molar-refractivity contribution in [3.8, 4) is 0 Å². The van der Waals surface area contributed by atoms with Crippen LogP contribution in [0.3, 0.4) is 0 Å². The Morgan fingerprint density at radius 1 is 1.25 bits per heavy atom. The minimum atomic E-state index is -0.654. The van der Waals surface area contributed by atoms with Gasteiger partial charge in [0.05, 0.1) is 18.8 Å². The standard InChI is InChI=1S/C16H31NO3/c1-6-11-17-16(13-9-10-13,14(18)19-8-3)12-20-15(4,5)7-2/h13,17H,6-12H2,1-5H3. The molecule has 1 fully saturated rings. The van der Waals surface area contributed by atoms with Crippen molar-refractivity contribution in [2.45, 2.75) is 71.4 Å². The lowest BCUT2D eigenvalue weighted by Gasteiger charge is -2.36. The fourth-order valence-corrected chi connectivity index (χ4v) is 2.21.